The third kappa shape index (κ3) is 2.24. The van der Waals surface area contributed by atoms with Crippen LogP contribution in [-0.4, -0.2) is 24.2 Å². The van der Waals surface area contributed by atoms with Crippen molar-refractivity contribution in [3.63, 3.8) is 0 Å². The molecule has 1 aliphatic heterocycles. The van der Waals surface area contributed by atoms with Crippen LogP contribution in [0.25, 0.3) is 0 Å². The lowest BCUT2D eigenvalue weighted by Crippen LogP contribution is -2.16. The molecular weight excluding hydrogens is 198 g/mol. The topological polar surface area (TPSA) is 61.6 Å². The van der Waals surface area contributed by atoms with Crippen molar-refractivity contribution in [3.05, 3.63) is 34.4 Å². The summed E-state index contributed by atoms with van der Waals surface area (Å²) < 4.78 is 10.6. The molecule has 0 bridgehead atoms. The maximum absolute atomic E-state index is 10.7. The van der Waals surface area contributed by atoms with Gasteiger partial charge in [-0.05, 0) is 6.07 Å². The van der Waals surface area contributed by atoms with Crippen LogP contribution in [0.15, 0.2) is 24.3 Å². The van der Waals surface area contributed by atoms with Gasteiger partial charge in [-0.15, -0.1) is 0 Å². The maximum Gasteiger partial charge on any atom is 0.310 e. The first kappa shape index (κ1) is 9.92. The summed E-state index contributed by atoms with van der Waals surface area (Å²) in [5.41, 5.74) is 0.00407. The Morgan fingerprint density at radius 2 is 2.27 bits per heavy atom. The Balaban J connectivity index is 2.15. The monoisotopic (exact) mass is 209 g/mol. The second kappa shape index (κ2) is 4.27. The highest BCUT2D eigenvalue weighted by Crippen LogP contribution is 2.28. The van der Waals surface area contributed by atoms with Gasteiger partial charge >= 0.3 is 5.69 Å². The number of ether oxygens (including phenoxy) is 2. The van der Waals surface area contributed by atoms with Crippen LogP contribution in [0.5, 0.6) is 5.75 Å². The number of nitro groups is 1. The van der Waals surface area contributed by atoms with Crippen molar-refractivity contribution in [2.24, 2.45) is 0 Å². The molecule has 1 atom stereocenters. The lowest BCUT2D eigenvalue weighted by Gasteiger charge is -2.11. The quantitative estimate of drug-likeness (QED) is 0.562. The molecular formula is C10H11NO4. The Bertz CT molecular complexity index is 360. The molecule has 1 aliphatic rings. The van der Waals surface area contributed by atoms with Gasteiger partial charge in [0, 0.05) is 12.5 Å². The van der Waals surface area contributed by atoms with E-state index in [9.17, 15) is 10.1 Å². The normalized spacial score (nSPS) is 20.1. The lowest BCUT2D eigenvalue weighted by molar-refractivity contribution is -0.386. The summed E-state index contributed by atoms with van der Waals surface area (Å²) in [5.74, 6) is 0.318. The van der Waals surface area contributed by atoms with Crippen molar-refractivity contribution >= 4 is 5.69 Å². The average Bonchev–Trinajstić information content (AvgIpc) is 2.71. The van der Waals surface area contributed by atoms with Crippen LogP contribution in [0.3, 0.4) is 0 Å². The summed E-state index contributed by atoms with van der Waals surface area (Å²) in [7, 11) is 0. The van der Waals surface area contributed by atoms with Gasteiger partial charge in [-0.2, -0.15) is 0 Å². The number of hydrogen-bond acceptors (Lipinski definition) is 4. The molecule has 0 saturated carbocycles. The molecule has 0 radical (unpaired) electrons. The summed E-state index contributed by atoms with van der Waals surface area (Å²) in [6, 6.07) is 6.38. The van der Waals surface area contributed by atoms with E-state index in [0.29, 0.717) is 19.0 Å². The Morgan fingerprint density at radius 3 is 2.93 bits per heavy atom. The molecule has 0 N–H and O–H groups in total. The third-order valence-electron chi connectivity index (χ3n) is 2.24. The lowest BCUT2D eigenvalue weighted by atomic mass is 10.3. The highest BCUT2D eigenvalue weighted by Gasteiger charge is 2.21. The number of hydrogen-bond donors (Lipinski definition) is 0. The Labute approximate surface area is 86.8 Å². The van der Waals surface area contributed by atoms with Crippen molar-refractivity contribution in [2.75, 3.05) is 13.2 Å². The van der Waals surface area contributed by atoms with Gasteiger partial charge in [0.25, 0.3) is 0 Å². The molecule has 5 nitrogen and oxygen atoms in total. The van der Waals surface area contributed by atoms with Gasteiger partial charge in [0.1, 0.15) is 6.10 Å². The van der Waals surface area contributed by atoms with E-state index in [1.54, 1.807) is 18.2 Å². The second-order valence-electron chi connectivity index (χ2n) is 3.33. The predicted molar refractivity (Wildman–Crippen MR) is 52.9 cm³/mol. The zero-order valence-electron chi connectivity index (χ0n) is 8.09. The van der Waals surface area contributed by atoms with Gasteiger partial charge in [-0.25, -0.2) is 0 Å². The SMILES string of the molecule is O=[N+]([O-])c1ccccc1O[C@H]1CCOC1. The molecule has 80 valence electrons. The number of para-hydroxylation sites is 2. The van der Waals surface area contributed by atoms with E-state index in [2.05, 4.69) is 0 Å². The molecule has 1 heterocycles. The van der Waals surface area contributed by atoms with Crippen molar-refractivity contribution in [3.8, 4) is 5.75 Å². The van der Waals surface area contributed by atoms with Crippen LogP contribution in [-0.2, 0) is 4.74 Å². The van der Waals surface area contributed by atoms with Gasteiger partial charge in [0.05, 0.1) is 18.1 Å². The van der Waals surface area contributed by atoms with E-state index in [-0.39, 0.29) is 11.8 Å². The zero-order chi connectivity index (χ0) is 10.7. The Hall–Kier alpha value is -1.62. The maximum atomic E-state index is 10.7. The molecule has 0 amide bonds. The van der Waals surface area contributed by atoms with E-state index in [1.165, 1.54) is 6.07 Å². The number of nitrogens with zero attached hydrogens (tertiary/aromatic N) is 1. The molecule has 15 heavy (non-hydrogen) atoms. The van der Waals surface area contributed by atoms with Crippen LogP contribution in [0.1, 0.15) is 6.42 Å². The Kier molecular flexibility index (Phi) is 2.82. The van der Waals surface area contributed by atoms with Crippen molar-refractivity contribution < 1.29 is 14.4 Å². The highest BCUT2D eigenvalue weighted by molar-refractivity contribution is 5.45. The molecule has 0 aromatic heterocycles. The van der Waals surface area contributed by atoms with Crippen molar-refractivity contribution in [1.82, 2.24) is 0 Å². The molecule has 1 aromatic carbocycles. The van der Waals surface area contributed by atoms with Gasteiger partial charge in [0.15, 0.2) is 5.75 Å². The van der Waals surface area contributed by atoms with E-state index >= 15 is 0 Å². The number of rotatable bonds is 3. The highest BCUT2D eigenvalue weighted by atomic mass is 16.6. The minimum Gasteiger partial charge on any atom is -0.481 e. The van der Waals surface area contributed by atoms with E-state index in [4.69, 9.17) is 9.47 Å². The Morgan fingerprint density at radius 1 is 1.47 bits per heavy atom. The fourth-order valence-electron chi connectivity index (χ4n) is 1.49. The molecule has 0 unspecified atom stereocenters. The summed E-state index contributed by atoms with van der Waals surface area (Å²) in [6.07, 6.45) is 0.720. The van der Waals surface area contributed by atoms with Crippen LogP contribution >= 0.6 is 0 Å². The molecule has 2 rings (SSSR count). The molecule has 1 fully saturated rings. The van der Waals surface area contributed by atoms with E-state index in [1.807, 2.05) is 0 Å². The van der Waals surface area contributed by atoms with Crippen LogP contribution in [0.4, 0.5) is 5.69 Å². The first-order valence-corrected chi connectivity index (χ1v) is 4.75. The summed E-state index contributed by atoms with van der Waals surface area (Å²) in [5, 5.41) is 10.7. The summed E-state index contributed by atoms with van der Waals surface area (Å²) in [4.78, 5) is 10.3. The van der Waals surface area contributed by atoms with Crippen LogP contribution in [0.2, 0.25) is 0 Å². The minimum absolute atomic E-state index is 0.00407. The average molecular weight is 209 g/mol. The molecule has 1 aromatic rings. The minimum atomic E-state index is -0.439. The first-order chi connectivity index (χ1) is 7.27. The van der Waals surface area contributed by atoms with Crippen LogP contribution < -0.4 is 4.74 Å². The molecule has 0 aliphatic carbocycles. The van der Waals surface area contributed by atoms with Gasteiger partial charge < -0.3 is 9.47 Å². The summed E-state index contributed by atoms with van der Waals surface area (Å²) >= 11 is 0. The fraction of sp³-hybridized carbons (Fsp3) is 0.400. The van der Waals surface area contributed by atoms with Gasteiger partial charge in [-0.3, -0.25) is 10.1 Å². The smallest absolute Gasteiger partial charge is 0.310 e. The standard InChI is InChI=1S/C10H11NO4/c12-11(13)9-3-1-2-4-10(9)15-8-5-6-14-7-8/h1-4,8H,5-7H2/t8-/m0/s1. The van der Waals surface area contributed by atoms with Crippen molar-refractivity contribution in [1.29, 1.82) is 0 Å². The van der Waals surface area contributed by atoms with E-state index < -0.39 is 4.92 Å². The number of nitro benzene ring substituents is 1. The van der Waals surface area contributed by atoms with Gasteiger partial charge in [0.2, 0.25) is 0 Å². The van der Waals surface area contributed by atoms with Crippen molar-refractivity contribution in [2.45, 2.75) is 12.5 Å². The van der Waals surface area contributed by atoms with E-state index in [0.717, 1.165) is 6.42 Å². The molecule has 1 saturated heterocycles. The van der Waals surface area contributed by atoms with Crippen LogP contribution in [0, 0.1) is 10.1 Å². The largest absolute Gasteiger partial charge is 0.481 e. The molecule has 5 heteroatoms. The number of benzene rings is 1. The second-order valence-corrected chi connectivity index (χ2v) is 3.33. The third-order valence-corrected chi connectivity index (χ3v) is 2.24. The van der Waals surface area contributed by atoms with Gasteiger partial charge in [-0.1, -0.05) is 12.1 Å². The fourth-order valence-corrected chi connectivity index (χ4v) is 1.49. The zero-order valence-corrected chi connectivity index (χ0v) is 8.09. The predicted octanol–water partition coefficient (Wildman–Crippen LogP) is 1.76. The summed E-state index contributed by atoms with van der Waals surface area (Å²) in [6.45, 7) is 1.16. The molecule has 0 spiro atoms. The first-order valence-electron chi connectivity index (χ1n) is 4.75.